The number of aryl methyl sites for hydroxylation is 1. The van der Waals surface area contributed by atoms with E-state index in [-0.39, 0.29) is 12.0 Å². The number of hydrogen-bond acceptors (Lipinski definition) is 5. The molecule has 7 nitrogen and oxygen atoms in total. The second kappa shape index (κ2) is 7.91. The van der Waals surface area contributed by atoms with Crippen molar-refractivity contribution < 1.29 is 18.8 Å². The topological polar surface area (TPSA) is 84.7 Å². The van der Waals surface area contributed by atoms with Gasteiger partial charge in [-0.25, -0.2) is 4.79 Å². The molecule has 0 spiro atoms. The third-order valence-electron chi connectivity index (χ3n) is 5.81. The van der Waals surface area contributed by atoms with Crippen LogP contribution in [0, 0.1) is 0 Å². The Morgan fingerprint density at radius 2 is 2.03 bits per heavy atom. The molecule has 158 valence electrons. The number of benzene rings is 2. The number of hydrogen-bond donors (Lipinski definition) is 1. The SMILES string of the molecule is CC(=O)NC[C@H]1CN(c2ccc3c(c2)-c2onc(-c4ccccc4)c2CCC3)C(=O)O1. The zero-order chi connectivity index (χ0) is 21.4. The fourth-order valence-corrected chi connectivity index (χ4v) is 4.29. The van der Waals surface area contributed by atoms with Crippen molar-refractivity contribution in [1.29, 1.82) is 0 Å². The minimum Gasteiger partial charge on any atom is -0.442 e. The van der Waals surface area contributed by atoms with Gasteiger partial charge < -0.3 is 14.6 Å². The second-order valence-corrected chi connectivity index (χ2v) is 7.95. The van der Waals surface area contributed by atoms with Crippen LogP contribution >= 0.6 is 0 Å². The predicted molar refractivity (Wildman–Crippen MR) is 116 cm³/mol. The summed E-state index contributed by atoms with van der Waals surface area (Å²) in [6.07, 6.45) is 2.04. The summed E-state index contributed by atoms with van der Waals surface area (Å²) in [6, 6.07) is 16.0. The smallest absolute Gasteiger partial charge is 0.414 e. The Bertz CT molecular complexity index is 1140. The number of rotatable bonds is 4. The Morgan fingerprint density at radius 1 is 1.19 bits per heavy atom. The number of nitrogens with one attached hydrogen (secondary N) is 1. The Balaban J connectivity index is 1.48. The van der Waals surface area contributed by atoms with E-state index in [1.165, 1.54) is 12.5 Å². The molecular formula is C24H23N3O4. The van der Waals surface area contributed by atoms with Crippen LogP contribution in [0.5, 0.6) is 0 Å². The zero-order valence-corrected chi connectivity index (χ0v) is 17.3. The van der Waals surface area contributed by atoms with E-state index in [0.717, 1.165) is 53.1 Å². The number of anilines is 1. The summed E-state index contributed by atoms with van der Waals surface area (Å²) in [7, 11) is 0. The standard InChI is InChI=1S/C24H23N3O4/c1-15(28)25-13-19-14-27(24(29)30-19)18-11-10-16-8-5-9-20-22(17-6-3-2-4-7-17)26-31-23(20)21(16)12-18/h2-4,6-7,10-12,19H,5,8-9,13-14H2,1H3,(H,25,28)/t19-/m0/s1. The molecule has 0 radical (unpaired) electrons. The van der Waals surface area contributed by atoms with Gasteiger partial charge >= 0.3 is 6.09 Å². The van der Waals surface area contributed by atoms with Gasteiger partial charge in [-0.1, -0.05) is 41.6 Å². The molecule has 31 heavy (non-hydrogen) atoms. The third-order valence-corrected chi connectivity index (χ3v) is 5.81. The van der Waals surface area contributed by atoms with Crippen molar-refractivity contribution in [3.63, 3.8) is 0 Å². The van der Waals surface area contributed by atoms with E-state index in [1.807, 2.05) is 42.5 Å². The lowest BCUT2D eigenvalue weighted by Crippen LogP contribution is -2.33. The minimum absolute atomic E-state index is 0.147. The molecular weight excluding hydrogens is 394 g/mol. The first-order valence-electron chi connectivity index (χ1n) is 10.5. The van der Waals surface area contributed by atoms with Crippen LogP contribution in [0.1, 0.15) is 24.5 Å². The monoisotopic (exact) mass is 417 g/mol. The Labute approximate surface area is 180 Å². The van der Waals surface area contributed by atoms with Crippen LogP contribution in [-0.4, -0.2) is 36.4 Å². The summed E-state index contributed by atoms with van der Waals surface area (Å²) < 4.78 is 11.3. The molecule has 0 bridgehead atoms. The fraction of sp³-hybridized carbons (Fsp3) is 0.292. The van der Waals surface area contributed by atoms with Crippen LogP contribution in [0.15, 0.2) is 53.1 Å². The molecule has 7 heteroatoms. The minimum atomic E-state index is -0.410. The van der Waals surface area contributed by atoms with Gasteiger partial charge in [-0.05, 0) is 37.0 Å². The van der Waals surface area contributed by atoms with Gasteiger partial charge in [0.2, 0.25) is 5.91 Å². The van der Waals surface area contributed by atoms with Crippen LogP contribution in [0.4, 0.5) is 10.5 Å². The summed E-state index contributed by atoms with van der Waals surface area (Å²) in [6.45, 7) is 2.13. The van der Waals surface area contributed by atoms with E-state index in [4.69, 9.17) is 9.26 Å². The number of cyclic esters (lactones) is 1. The van der Waals surface area contributed by atoms with Crippen LogP contribution < -0.4 is 10.2 Å². The molecule has 1 aliphatic heterocycles. The number of carbonyl (C=O) groups is 2. The molecule has 5 rings (SSSR count). The number of fused-ring (bicyclic) bond motifs is 3. The number of ether oxygens (including phenoxy) is 1. The van der Waals surface area contributed by atoms with Crippen molar-refractivity contribution >= 4 is 17.7 Å². The maximum Gasteiger partial charge on any atom is 0.414 e. The number of nitrogens with zero attached hydrogens (tertiary/aromatic N) is 2. The van der Waals surface area contributed by atoms with Crippen LogP contribution in [0.25, 0.3) is 22.6 Å². The van der Waals surface area contributed by atoms with Gasteiger partial charge in [0.1, 0.15) is 11.8 Å². The molecule has 3 aromatic rings. The molecule has 1 atom stereocenters. The predicted octanol–water partition coefficient (Wildman–Crippen LogP) is 3.96. The van der Waals surface area contributed by atoms with Crippen molar-refractivity contribution in [3.8, 4) is 22.6 Å². The van der Waals surface area contributed by atoms with E-state index in [1.54, 1.807) is 4.90 Å². The lowest BCUT2D eigenvalue weighted by atomic mass is 9.99. The molecule has 1 N–H and O–H groups in total. The zero-order valence-electron chi connectivity index (χ0n) is 17.3. The molecule has 0 unspecified atom stereocenters. The van der Waals surface area contributed by atoms with E-state index < -0.39 is 6.09 Å². The molecule has 2 amide bonds. The van der Waals surface area contributed by atoms with Crippen LogP contribution in [0.3, 0.4) is 0 Å². The van der Waals surface area contributed by atoms with Gasteiger partial charge in [-0.3, -0.25) is 9.69 Å². The average molecular weight is 417 g/mol. The highest BCUT2D eigenvalue weighted by molar-refractivity contribution is 5.91. The summed E-state index contributed by atoms with van der Waals surface area (Å²) in [4.78, 5) is 25.2. The summed E-state index contributed by atoms with van der Waals surface area (Å²) in [5, 5.41) is 7.09. The maximum absolute atomic E-state index is 12.5. The molecule has 2 aliphatic rings. The van der Waals surface area contributed by atoms with Crippen molar-refractivity contribution in [3.05, 3.63) is 59.7 Å². The van der Waals surface area contributed by atoms with E-state index in [2.05, 4.69) is 16.5 Å². The largest absolute Gasteiger partial charge is 0.442 e. The molecule has 1 fully saturated rings. The van der Waals surface area contributed by atoms with Gasteiger partial charge in [0, 0.05) is 29.3 Å². The number of amides is 2. The first kappa shape index (κ1) is 19.4. The first-order chi connectivity index (χ1) is 15.1. The van der Waals surface area contributed by atoms with Crippen molar-refractivity contribution in [1.82, 2.24) is 10.5 Å². The normalized spacial score (nSPS) is 17.5. The molecule has 2 aromatic carbocycles. The fourth-order valence-electron chi connectivity index (χ4n) is 4.29. The van der Waals surface area contributed by atoms with Crippen LogP contribution in [-0.2, 0) is 22.4 Å². The van der Waals surface area contributed by atoms with E-state index >= 15 is 0 Å². The summed E-state index contributed by atoms with van der Waals surface area (Å²) >= 11 is 0. The highest BCUT2D eigenvalue weighted by Crippen LogP contribution is 2.39. The van der Waals surface area contributed by atoms with Gasteiger partial charge in [0.05, 0.1) is 13.1 Å². The summed E-state index contributed by atoms with van der Waals surface area (Å²) in [5.41, 5.74) is 5.92. The summed E-state index contributed by atoms with van der Waals surface area (Å²) in [5.74, 6) is 0.627. The third kappa shape index (κ3) is 3.67. The lowest BCUT2D eigenvalue weighted by Gasteiger charge is -2.15. The Kier molecular flexibility index (Phi) is 4.94. The van der Waals surface area contributed by atoms with Crippen LogP contribution in [0.2, 0.25) is 0 Å². The van der Waals surface area contributed by atoms with Gasteiger partial charge in [-0.2, -0.15) is 0 Å². The number of carbonyl (C=O) groups excluding carboxylic acids is 2. The van der Waals surface area contributed by atoms with E-state index in [9.17, 15) is 9.59 Å². The average Bonchev–Trinajstić information content (AvgIpc) is 3.31. The Morgan fingerprint density at radius 3 is 2.84 bits per heavy atom. The van der Waals surface area contributed by atoms with Gasteiger partial charge in [0.15, 0.2) is 5.76 Å². The second-order valence-electron chi connectivity index (χ2n) is 7.95. The van der Waals surface area contributed by atoms with Crippen molar-refractivity contribution in [2.24, 2.45) is 0 Å². The highest BCUT2D eigenvalue weighted by Gasteiger charge is 2.33. The van der Waals surface area contributed by atoms with Gasteiger partial charge in [0.25, 0.3) is 0 Å². The first-order valence-corrected chi connectivity index (χ1v) is 10.5. The Hall–Kier alpha value is -3.61. The van der Waals surface area contributed by atoms with Crippen molar-refractivity contribution in [2.45, 2.75) is 32.3 Å². The molecule has 0 saturated carbocycles. The molecule has 1 aromatic heterocycles. The maximum atomic E-state index is 12.5. The quantitative estimate of drug-likeness (QED) is 0.695. The highest BCUT2D eigenvalue weighted by atomic mass is 16.6. The van der Waals surface area contributed by atoms with Crippen molar-refractivity contribution in [2.75, 3.05) is 18.0 Å². The lowest BCUT2D eigenvalue weighted by molar-refractivity contribution is -0.119. The van der Waals surface area contributed by atoms with Gasteiger partial charge in [-0.15, -0.1) is 0 Å². The van der Waals surface area contributed by atoms with E-state index in [0.29, 0.717) is 13.1 Å². The molecule has 1 saturated heterocycles. The number of aromatic nitrogens is 1. The molecule has 2 heterocycles. The molecule has 1 aliphatic carbocycles.